The molecule has 1 aliphatic rings. The van der Waals surface area contributed by atoms with Gasteiger partial charge in [-0.25, -0.2) is 9.37 Å². The molecule has 3 rings (SSSR count). The van der Waals surface area contributed by atoms with Crippen molar-refractivity contribution in [1.29, 1.82) is 0 Å². The number of aromatic nitrogens is 1. The van der Waals surface area contributed by atoms with Gasteiger partial charge in [-0.05, 0) is 30.7 Å². The molecule has 0 amide bonds. The number of thiazole rings is 1. The molecule has 5 heteroatoms. The van der Waals surface area contributed by atoms with E-state index in [1.165, 1.54) is 17.0 Å². The van der Waals surface area contributed by atoms with E-state index in [4.69, 9.17) is 0 Å². The second kappa shape index (κ2) is 5.12. The van der Waals surface area contributed by atoms with E-state index >= 15 is 0 Å². The van der Waals surface area contributed by atoms with Crippen LogP contribution in [0.4, 0.5) is 4.39 Å². The van der Waals surface area contributed by atoms with Gasteiger partial charge in [0, 0.05) is 23.5 Å². The summed E-state index contributed by atoms with van der Waals surface area (Å²) in [5, 5.41) is 4.29. The van der Waals surface area contributed by atoms with E-state index in [-0.39, 0.29) is 18.2 Å². The summed E-state index contributed by atoms with van der Waals surface area (Å²) in [6.45, 7) is 1.88. The number of halogens is 2. The lowest BCUT2D eigenvalue weighted by molar-refractivity contribution is 0.628. The number of benzene rings is 1. The van der Waals surface area contributed by atoms with Crippen molar-refractivity contribution < 1.29 is 4.39 Å². The highest BCUT2D eigenvalue weighted by Crippen LogP contribution is 2.29. The Morgan fingerprint density at radius 1 is 1.24 bits per heavy atom. The predicted octanol–water partition coefficient (Wildman–Crippen LogP) is 3.02. The number of fused-ring (bicyclic) bond motifs is 1. The second-order valence-corrected chi connectivity index (χ2v) is 4.91. The molecule has 2 aromatic rings. The molecule has 0 aliphatic carbocycles. The Morgan fingerprint density at radius 2 is 2.00 bits per heavy atom. The molecule has 2 nitrogen and oxygen atoms in total. The van der Waals surface area contributed by atoms with Crippen molar-refractivity contribution in [2.75, 3.05) is 6.54 Å². The van der Waals surface area contributed by atoms with Gasteiger partial charge in [0.25, 0.3) is 0 Å². The molecule has 1 N–H and O–H groups in total. The number of rotatable bonds is 1. The average molecular weight is 271 g/mol. The van der Waals surface area contributed by atoms with Crippen LogP contribution in [0.25, 0.3) is 10.6 Å². The van der Waals surface area contributed by atoms with Crippen LogP contribution in [0.5, 0.6) is 0 Å². The van der Waals surface area contributed by atoms with Gasteiger partial charge in [-0.3, -0.25) is 0 Å². The van der Waals surface area contributed by atoms with E-state index in [0.717, 1.165) is 35.8 Å². The number of nitrogens with zero attached hydrogens (tertiary/aromatic N) is 1. The third-order valence-electron chi connectivity index (χ3n) is 2.69. The lowest BCUT2D eigenvalue weighted by Gasteiger charge is -2.09. The molecule has 0 spiro atoms. The zero-order valence-corrected chi connectivity index (χ0v) is 10.7. The van der Waals surface area contributed by atoms with Gasteiger partial charge in [0.2, 0.25) is 0 Å². The minimum atomic E-state index is -0.202. The lowest BCUT2D eigenvalue weighted by atomic mass is 10.2. The van der Waals surface area contributed by atoms with Crippen LogP contribution in [-0.4, -0.2) is 11.5 Å². The smallest absolute Gasteiger partial charge is 0.123 e. The van der Waals surface area contributed by atoms with Gasteiger partial charge in [-0.1, -0.05) is 0 Å². The Bertz CT molecular complexity index is 486. The summed E-state index contributed by atoms with van der Waals surface area (Å²) in [6, 6.07) is 6.53. The minimum Gasteiger partial charge on any atom is -0.311 e. The molecule has 90 valence electrons. The van der Waals surface area contributed by atoms with Gasteiger partial charge in [-0.15, -0.1) is 23.7 Å². The maximum Gasteiger partial charge on any atom is 0.123 e. The third-order valence-corrected chi connectivity index (χ3v) is 3.90. The molecule has 2 heterocycles. The SMILES string of the molecule is Cl.Fc1ccc(-c2nc3c(s2)CCNC3)cc1. The Hall–Kier alpha value is -0.970. The molecule has 1 aliphatic heterocycles. The van der Waals surface area contributed by atoms with Gasteiger partial charge >= 0.3 is 0 Å². The second-order valence-electron chi connectivity index (χ2n) is 3.82. The molecule has 0 saturated carbocycles. The standard InChI is InChI=1S/C12H11FN2S.ClH/c13-9-3-1-8(2-4-9)12-15-10-7-14-6-5-11(10)16-12;/h1-4,14H,5-7H2;1H. The minimum absolute atomic E-state index is 0. The first-order chi connectivity index (χ1) is 7.83. The van der Waals surface area contributed by atoms with Crippen LogP contribution < -0.4 is 5.32 Å². The first-order valence-electron chi connectivity index (χ1n) is 5.28. The van der Waals surface area contributed by atoms with Crippen LogP contribution in [0, 0.1) is 5.82 Å². The fraction of sp³-hybridized carbons (Fsp3) is 0.250. The highest BCUT2D eigenvalue weighted by molar-refractivity contribution is 7.15. The Morgan fingerprint density at radius 3 is 2.71 bits per heavy atom. The van der Waals surface area contributed by atoms with E-state index in [1.54, 1.807) is 23.5 Å². The molecule has 0 fully saturated rings. The summed E-state index contributed by atoms with van der Waals surface area (Å²) in [6.07, 6.45) is 1.05. The summed E-state index contributed by atoms with van der Waals surface area (Å²) in [5.41, 5.74) is 2.15. The van der Waals surface area contributed by atoms with Crippen LogP contribution in [-0.2, 0) is 13.0 Å². The monoisotopic (exact) mass is 270 g/mol. The molecule has 17 heavy (non-hydrogen) atoms. The maximum absolute atomic E-state index is 12.8. The van der Waals surface area contributed by atoms with Gasteiger partial charge in [0.15, 0.2) is 0 Å². The molecule has 1 aromatic carbocycles. The third kappa shape index (κ3) is 2.49. The van der Waals surface area contributed by atoms with Gasteiger partial charge in [0.1, 0.15) is 10.8 Å². The number of hydrogen-bond acceptors (Lipinski definition) is 3. The Kier molecular flexibility index (Phi) is 3.76. The fourth-order valence-corrected chi connectivity index (χ4v) is 2.92. The first-order valence-corrected chi connectivity index (χ1v) is 6.10. The van der Waals surface area contributed by atoms with Crippen molar-refractivity contribution in [1.82, 2.24) is 10.3 Å². The molecular formula is C12H12ClFN2S. The Balaban J connectivity index is 0.00000108. The van der Waals surface area contributed by atoms with Crippen LogP contribution in [0.2, 0.25) is 0 Å². The Labute approximate surface area is 109 Å². The van der Waals surface area contributed by atoms with Gasteiger partial charge in [-0.2, -0.15) is 0 Å². The molecule has 0 atom stereocenters. The molecular weight excluding hydrogens is 259 g/mol. The van der Waals surface area contributed by atoms with E-state index < -0.39 is 0 Å². The summed E-state index contributed by atoms with van der Waals surface area (Å²) in [7, 11) is 0. The highest BCUT2D eigenvalue weighted by Gasteiger charge is 2.15. The van der Waals surface area contributed by atoms with Gasteiger partial charge in [0.05, 0.1) is 5.69 Å². The van der Waals surface area contributed by atoms with Crippen LogP contribution in [0.15, 0.2) is 24.3 Å². The summed E-state index contributed by atoms with van der Waals surface area (Å²) < 4.78 is 12.8. The maximum atomic E-state index is 12.8. The molecule has 0 saturated heterocycles. The van der Waals surface area contributed by atoms with Crippen LogP contribution >= 0.6 is 23.7 Å². The van der Waals surface area contributed by atoms with Gasteiger partial charge < -0.3 is 5.32 Å². The zero-order chi connectivity index (χ0) is 11.0. The average Bonchev–Trinajstić information content (AvgIpc) is 2.73. The lowest BCUT2D eigenvalue weighted by Crippen LogP contribution is -2.22. The fourth-order valence-electron chi connectivity index (χ4n) is 1.84. The molecule has 1 aromatic heterocycles. The van der Waals surface area contributed by atoms with Crippen LogP contribution in [0.1, 0.15) is 10.6 Å². The van der Waals surface area contributed by atoms with Crippen molar-refractivity contribution in [3.8, 4) is 10.6 Å². The van der Waals surface area contributed by atoms with Crippen molar-refractivity contribution in [2.45, 2.75) is 13.0 Å². The number of hydrogen-bond donors (Lipinski definition) is 1. The van der Waals surface area contributed by atoms with Crippen molar-refractivity contribution in [3.63, 3.8) is 0 Å². The first kappa shape index (κ1) is 12.5. The largest absolute Gasteiger partial charge is 0.311 e. The van der Waals surface area contributed by atoms with E-state index in [9.17, 15) is 4.39 Å². The normalized spacial score (nSPS) is 13.9. The summed E-state index contributed by atoms with van der Waals surface area (Å²) >= 11 is 1.72. The summed E-state index contributed by atoms with van der Waals surface area (Å²) in [5.74, 6) is -0.202. The topological polar surface area (TPSA) is 24.9 Å². The van der Waals surface area contributed by atoms with E-state index in [1.807, 2.05) is 0 Å². The van der Waals surface area contributed by atoms with Crippen molar-refractivity contribution in [3.05, 3.63) is 40.7 Å². The van der Waals surface area contributed by atoms with E-state index in [0.29, 0.717) is 0 Å². The van der Waals surface area contributed by atoms with Crippen molar-refractivity contribution >= 4 is 23.7 Å². The number of nitrogens with one attached hydrogen (secondary N) is 1. The quantitative estimate of drug-likeness (QED) is 0.862. The highest BCUT2D eigenvalue weighted by atomic mass is 35.5. The van der Waals surface area contributed by atoms with Crippen LogP contribution in [0.3, 0.4) is 0 Å². The summed E-state index contributed by atoms with van der Waals surface area (Å²) in [4.78, 5) is 5.94. The molecule has 0 unspecified atom stereocenters. The molecule has 0 radical (unpaired) electrons. The zero-order valence-electron chi connectivity index (χ0n) is 9.07. The predicted molar refractivity (Wildman–Crippen MR) is 70.2 cm³/mol. The van der Waals surface area contributed by atoms with Crippen molar-refractivity contribution in [2.24, 2.45) is 0 Å². The molecule has 0 bridgehead atoms. The van der Waals surface area contributed by atoms with E-state index in [2.05, 4.69) is 10.3 Å².